The molecule has 0 spiro atoms. The SMILES string of the molecule is NCC[C@@H](O)c1cccc(OCC2CCCC(=O)N2)c1. The Balaban J connectivity index is 1.89. The number of aliphatic hydroxyl groups is 1. The molecule has 1 aliphatic heterocycles. The van der Waals surface area contributed by atoms with Gasteiger partial charge in [-0.25, -0.2) is 0 Å². The normalized spacial score (nSPS) is 20.3. The molecular weight excluding hydrogens is 256 g/mol. The summed E-state index contributed by atoms with van der Waals surface area (Å²) in [5.74, 6) is 0.801. The van der Waals surface area contributed by atoms with Crippen LogP contribution in [0.3, 0.4) is 0 Å². The number of piperidine rings is 1. The van der Waals surface area contributed by atoms with Crippen LogP contribution in [0.15, 0.2) is 24.3 Å². The van der Waals surface area contributed by atoms with E-state index in [0.29, 0.717) is 31.7 Å². The molecule has 0 aromatic heterocycles. The van der Waals surface area contributed by atoms with E-state index in [-0.39, 0.29) is 11.9 Å². The molecule has 1 heterocycles. The molecule has 20 heavy (non-hydrogen) atoms. The van der Waals surface area contributed by atoms with Crippen molar-refractivity contribution in [1.82, 2.24) is 5.32 Å². The van der Waals surface area contributed by atoms with Crippen LogP contribution in [-0.2, 0) is 4.79 Å². The minimum Gasteiger partial charge on any atom is -0.491 e. The van der Waals surface area contributed by atoms with Gasteiger partial charge in [0.2, 0.25) is 5.91 Å². The molecule has 1 unspecified atom stereocenters. The van der Waals surface area contributed by atoms with E-state index in [2.05, 4.69) is 5.32 Å². The number of hydrogen-bond donors (Lipinski definition) is 3. The van der Waals surface area contributed by atoms with E-state index in [1.807, 2.05) is 24.3 Å². The molecule has 0 radical (unpaired) electrons. The number of rotatable bonds is 6. The van der Waals surface area contributed by atoms with Crippen molar-refractivity contribution >= 4 is 5.91 Å². The minimum atomic E-state index is -0.557. The van der Waals surface area contributed by atoms with Crippen LogP contribution < -0.4 is 15.8 Å². The maximum atomic E-state index is 11.3. The van der Waals surface area contributed by atoms with Crippen molar-refractivity contribution in [3.8, 4) is 5.75 Å². The maximum absolute atomic E-state index is 11.3. The third-order valence-corrected chi connectivity index (χ3v) is 3.46. The molecule has 1 fully saturated rings. The van der Waals surface area contributed by atoms with Crippen molar-refractivity contribution in [2.45, 2.75) is 37.8 Å². The van der Waals surface area contributed by atoms with Crippen molar-refractivity contribution in [3.63, 3.8) is 0 Å². The van der Waals surface area contributed by atoms with Gasteiger partial charge in [-0.1, -0.05) is 12.1 Å². The minimum absolute atomic E-state index is 0.0777. The summed E-state index contributed by atoms with van der Waals surface area (Å²) >= 11 is 0. The van der Waals surface area contributed by atoms with Crippen LogP contribution in [0.1, 0.15) is 37.4 Å². The van der Waals surface area contributed by atoms with Crippen LogP contribution in [-0.4, -0.2) is 30.2 Å². The molecule has 4 N–H and O–H groups in total. The number of carbonyl (C=O) groups excluding carboxylic acids is 1. The summed E-state index contributed by atoms with van der Waals surface area (Å²) in [6.07, 6.45) is 2.44. The summed E-state index contributed by atoms with van der Waals surface area (Å²) < 4.78 is 5.71. The number of ether oxygens (including phenoxy) is 1. The third-order valence-electron chi connectivity index (χ3n) is 3.46. The van der Waals surface area contributed by atoms with Crippen molar-refractivity contribution in [1.29, 1.82) is 0 Å². The Morgan fingerprint density at radius 2 is 2.35 bits per heavy atom. The molecule has 1 aromatic carbocycles. The van der Waals surface area contributed by atoms with Crippen LogP contribution in [0.2, 0.25) is 0 Å². The molecule has 0 saturated carbocycles. The lowest BCUT2D eigenvalue weighted by Crippen LogP contribution is -2.42. The Kier molecular flexibility index (Phi) is 5.38. The largest absolute Gasteiger partial charge is 0.491 e. The fourth-order valence-corrected chi connectivity index (χ4v) is 2.34. The van der Waals surface area contributed by atoms with Gasteiger partial charge in [0.25, 0.3) is 0 Å². The molecule has 1 aliphatic rings. The Bertz CT molecular complexity index is 450. The first kappa shape index (κ1) is 14.8. The van der Waals surface area contributed by atoms with Crippen molar-refractivity contribution in [3.05, 3.63) is 29.8 Å². The van der Waals surface area contributed by atoms with E-state index in [1.54, 1.807) is 0 Å². The average molecular weight is 278 g/mol. The van der Waals surface area contributed by atoms with E-state index >= 15 is 0 Å². The van der Waals surface area contributed by atoms with Gasteiger partial charge in [-0.05, 0) is 43.5 Å². The highest BCUT2D eigenvalue weighted by atomic mass is 16.5. The maximum Gasteiger partial charge on any atom is 0.220 e. The molecular formula is C15H22N2O3. The standard InChI is InChI=1S/C15H22N2O3/c16-8-7-14(18)11-3-1-5-13(9-11)20-10-12-4-2-6-15(19)17-12/h1,3,5,9,12,14,18H,2,4,6-8,10,16H2,(H,17,19)/t12?,14-/m1/s1. The molecule has 5 heteroatoms. The number of amides is 1. The van der Waals surface area contributed by atoms with Crippen LogP contribution >= 0.6 is 0 Å². The summed E-state index contributed by atoms with van der Waals surface area (Å²) in [4.78, 5) is 11.3. The molecule has 0 bridgehead atoms. The van der Waals surface area contributed by atoms with Gasteiger partial charge in [0.15, 0.2) is 0 Å². The van der Waals surface area contributed by atoms with E-state index in [0.717, 1.165) is 18.4 Å². The summed E-state index contributed by atoms with van der Waals surface area (Å²) in [7, 11) is 0. The van der Waals surface area contributed by atoms with E-state index in [1.165, 1.54) is 0 Å². The van der Waals surface area contributed by atoms with Gasteiger partial charge in [0.1, 0.15) is 12.4 Å². The summed E-state index contributed by atoms with van der Waals surface area (Å²) in [6.45, 7) is 0.905. The zero-order valence-corrected chi connectivity index (χ0v) is 11.5. The highest BCUT2D eigenvalue weighted by Gasteiger charge is 2.18. The number of hydrogen-bond acceptors (Lipinski definition) is 4. The van der Waals surface area contributed by atoms with Crippen LogP contribution in [0.5, 0.6) is 5.75 Å². The molecule has 110 valence electrons. The summed E-state index contributed by atoms with van der Waals surface area (Å²) in [5, 5.41) is 12.8. The van der Waals surface area contributed by atoms with Crippen molar-refractivity contribution < 1.29 is 14.6 Å². The number of nitrogens with two attached hydrogens (primary N) is 1. The van der Waals surface area contributed by atoms with Gasteiger partial charge in [-0.3, -0.25) is 4.79 Å². The first-order valence-electron chi connectivity index (χ1n) is 7.09. The third kappa shape index (κ3) is 4.21. The van der Waals surface area contributed by atoms with Crippen LogP contribution in [0.4, 0.5) is 0 Å². The van der Waals surface area contributed by atoms with Gasteiger partial charge in [-0.15, -0.1) is 0 Å². The number of nitrogens with one attached hydrogen (secondary N) is 1. The highest BCUT2D eigenvalue weighted by Crippen LogP contribution is 2.21. The quantitative estimate of drug-likeness (QED) is 0.728. The van der Waals surface area contributed by atoms with E-state index in [4.69, 9.17) is 10.5 Å². The van der Waals surface area contributed by atoms with Gasteiger partial charge in [0.05, 0.1) is 12.1 Å². The second kappa shape index (κ2) is 7.26. The molecule has 1 aromatic rings. The van der Waals surface area contributed by atoms with Gasteiger partial charge >= 0.3 is 0 Å². The average Bonchev–Trinajstić information content (AvgIpc) is 2.46. The van der Waals surface area contributed by atoms with Crippen molar-refractivity contribution in [2.75, 3.05) is 13.2 Å². The molecule has 1 amide bonds. The molecule has 2 rings (SSSR count). The lowest BCUT2D eigenvalue weighted by Gasteiger charge is -2.23. The lowest BCUT2D eigenvalue weighted by molar-refractivity contribution is -0.123. The Hall–Kier alpha value is -1.59. The second-order valence-corrected chi connectivity index (χ2v) is 5.13. The number of benzene rings is 1. The first-order chi connectivity index (χ1) is 9.69. The lowest BCUT2D eigenvalue weighted by atomic mass is 10.1. The van der Waals surface area contributed by atoms with Crippen LogP contribution in [0.25, 0.3) is 0 Å². The fraction of sp³-hybridized carbons (Fsp3) is 0.533. The number of aliphatic hydroxyl groups excluding tert-OH is 1. The van der Waals surface area contributed by atoms with Crippen molar-refractivity contribution in [2.24, 2.45) is 5.73 Å². The fourth-order valence-electron chi connectivity index (χ4n) is 2.34. The van der Waals surface area contributed by atoms with Gasteiger partial charge < -0.3 is 20.9 Å². The Morgan fingerprint density at radius 3 is 3.10 bits per heavy atom. The van der Waals surface area contributed by atoms with E-state index < -0.39 is 6.10 Å². The van der Waals surface area contributed by atoms with Gasteiger partial charge in [-0.2, -0.15) is 0 Å². The highest BCUT2D eigenvalue weighted by molar-refractivity contribution is 5.76. The second-order valence-electron chi connectivity index (χ2n) is 5.13. The Labute approximate surface area is 119 Å². The zero-order valence-electron chi connectivity index (χ0n) is 11.5. The topological polar surface area (TPSA) is 84.6 Å². The monoisotopic (exact) mass is 278 g/mol. The predicted octanol–water partition coefficient (Wildman–Crippen LogP) is 1.12. The smallest absolute Gasteiger partial charge is 0.220 e. The molecule has 5 nitrogen and oxygen atoms in total. The predicted molar refractivity (Wildman–Crippen MR) is 76.3 cm³/mol. The van der Waals surface area contributed by atoms with Crippen LogP contribution in [0, 0.1) is 0 Å². The molecule has 0 aliphatic carbocycles. The summed E-state index contributed by atoms with van der Waals surface area (Å²) in [6, 6.07) is 7.46. The first-order valence-corrected chi connectivity index (χ1v) is 7.09. The molecule has 2 atom stereocenters. The Morgan fingerprint density at radius 1 is 1.50 bits per heavy atom. The zero-order chi connectivity index (χ0) is 14.4. The summed E-state index contributed by atoms with van der Waals surface area (Å²) in [5.41, 5.74) is 6.25. The van der Waals surface area contributed by atoms with E-state index in [9.17, 15) is 9.90 Å². The molecule has 1 saturated heterocycles. The van der Waals surface area contributed by atoms with Gasteiger partial charge in [0, 0.05) is 6.42 Å². The number of carbonyl (C=O) groups is 1.